The fraction of sp³-hybridized carbons (Fsp3) is 0.667. The highest BCUT2D eigenvalue weighted by Crippen LogP contribution is 2.63. The smallest absolute Gasteiger partial charge is 0.111 e. The summed E-state index contributed by atoms with van der Waals surface area (Å²) in [6.07, 6.45) is 13.0. The first-order valence-electron chi connectivity index (χ1n) is 15.8. The Labute approximate surface area is 250 Å². The highest BCUT2D eigenvalue weighted by Gasteiger charge is 2.54. The fourth-order valence-corrected chi connectivity index (χ4v) is 8.50. The zero-order chi connectivity index (χ0) is 29.6. The van der Waals surface area contributed by atoms with Gasteiger partial charge < -0.3 is 8.92 Å². The average Bonchev–Trinajstić information content (AvgIpc) is 3.43. The van der Waals surface area contributed by atoms with Crippen LogP contribution < -0.4 is 0 Å². The third-order valence-electron chi connectivity index (χ3n) is 10.7. The lowest BCUT2D eigenvalue weighted by molar-refractivity contribution is -0.0577. The van der Waals surface area contributed by atoms with Crippen molar-refractivity contribution in [3.63, 3.8) is 0 Å². The predicted molar refractivity (Wildman–Crippen MR) is 169 cm³/mol. The molecule has 5 heteroatoms. The monoisotopic (exact) mass is 574 g/mol. The first-order chi connectivity index (χ1) is 19.1. The zero-order valence-electron chi connectivity index (χ0n) is 26.8. The van der Waals surface area contributed by atoms with Gasteiger partial charge in [-0.25, -0.2) is 0 Å². The standard InChI is InChI=1S/C36H50N2O2S/c1-23(2)31-29-30(28-26(38-31)20-34(6,7)21-27(28)40-41(8,9)33(3,4)5)36(16-10-11-17-36)39-32(29)24-12-14-25(15-13-24)35(22-37)18-19-35/h12-15,23,27,32H,10-11,16-21H2,1-9H3. The minimum atomic E-state index is -1.35. The van der Waals surface area contributed by atoms with Gasteiger partial charge in [-0.1, -0.05) is 85.6 Å². The Hall–Kier alpha value is -1.87. The summed E-state index contributed by atoms with van der Waals surface area (Å²) in [7, 11) is -1.35. The maximum atomic E-state index is 9.77. The molecular weight excluding hydrogens is 524 g/mol. The van der Waals surface area contributed by atoms with E-state index >= 15 is 0 Å². The molecule has 1 aliphatic heterocycles. The molecule has 2 aromatic rings. The van der Waals surface area contributed by atoms with Crippen molar-refractivity contribution in [1.29, 1.82) is 5.26 Å². The lowest BCUT2D eigenvalue weighted by atomic mass is 9.70. The summed E-state index contributed by atoms with van der Waals surface area (Å²) in [4.78, 5) is 5.54. The van der Waals surface area contributed by atoms with Crippen LogP contribution in [0.3, 0.4) is 0 Å². The van der Waals surface area contributed by atoms with Crippen LogP contribution >= 0.6 is 10.3 Å². The van der Waals surface area contributed by atoms with Gasteiger partial charge in [0.05, 0.1) is 23.2 Å². The van der Waals surface area contributed by atoms with E-state index in [0.717, 1.165) is 44.1 Å². The first-order valence-corrected chi connectivity index (χ1v) is 18.2. The number of nitrogens with zero attached hydrogens (tertiary/aromatic N) is 2. The Kier molecular flexibility index (Phi) is 6.82. The molecule has 0 N–H and O–H groups in total. The van der Waals surface area contributed by atoms with E-state index in [9.17, 15) is 5.26 Å². The topological polar surface area (TPSA) is 55.1 Å². The highest BCUT2D eigenvalue weighted by molar-refractivity contribution is 8.29. The van der Waals surface area contributed by atoms with Crippen LogP contribution in [0.15, 0.2) is 24.3 Å². The highest BCUT2D eigenvalue weighted by atomic mass is 32.3. The second-order valence-corrected chi connectivity index (χ2v) is 19.7. The van der Waals surface area contributed by atoms with Crippen LogP contribution in [0.5, 0.6) is 0 Å². The minimum Gasteiger partial charge on any atom is -0.358 e. The number of benzene rings is 1. The molecule has 0 amide bonds. The van der Waals surface area contributed by atoms with Gasteiger partial charge in [-0.3, -0.25) is 4.98 Å². The number of ether oxygens (including phenoxy) is 1. The van der Waals surface area contributed by atoms with E-state index in [2.05, 4.69) is 91.3 Å². The van der Waals surface area contributed by atoms with Crippen LogP contribution in [-0.2, 0) is 26.4 Å². The van der Waals surface area contributed by atoms with Crippen LogP contribution in [0.2, 0.25) is 0 Å². The second kappa shape index (κ2) is 9.57. The number of rotatable bonds is 5. The predicted octanol–water partition coefficient (Wildman–Crippen LogP) is 9.46. The molecule has 0 radical (unpaired) electrons. The van der Waals surface area contributed by atoms with E-state index in [0.29, 0.717) is 5.92 Å². The third kappa shape index (κ3) is 4.77. The van der Waals surface area contributed by atoms with Crippen LogP contribution in [0.4, 0.5) is 0 Å². The second-order valence-electron chi connectivity index (χ2n) is 15.8. The lowest BCUT2D eigenvalue weighted by Gasteiger charge is -2.49. The Morgan fingerprint density at radius 1 is 1.02 bits per heavy atom. The van der Waals surface area contributed by atoms with Gasteiger partial charge in [-0.15, -0.1) is 10.3 Å². The number of nitriles is 1. The van der Waals surface area contributed by atoms with E-state index in [4.69, 9.17) is 13.9 Å². The van der Waals surface area contributed by atoms with E-state index in [1.165, 1.54) is 46.5 Å². The van der Waals surface area contributed by atoms with Gasteiger partial charge in [0.15, 0.2) is 0 Å². The van der Waals surface area contributed by atoms with Crippen molar-refractivity contribution in [2.75, 3.05) is 12.5 Å². The molecule has 1 aromatic heterocycles. The minimum absolute atomic E-state index is 0.0213. The van der Waals surface area contributed by atoms with Gasteiger partial charge in [0, 0.05) is 27.3 Å². The summed E-state index contributed by atoms with van der Waals surface area (Å²) in [5.41, 5.74) is 8.45. The van der Waals surface area contributed by atoms with Crippen molar-refractivity contribution in [3.05, 3.63) is 63.5 Å². The maximum absolute atomic E-state index is 9.77. The quantitative estimate of drug-likeness (QED) is 0.357. The van der Waals surface area contributed by atoms with Crippen molar-refractivity contribution in [2.24, 2.45) is 5.41 Å². The Morgan fingerprint density at radius 3 is 2.20 bits per heavy atom. The summed E-state index contributed by atoms with van der Waals surface area (Å²) in [6.45, 7) is 16.3. The normalized spacial score (nSPS) is 26.1. The zero-order valence-corrected chi connectivity index (χ0v) is 27.6. The van der Waals surface area contributed by atoms with Gasteiger partial charge in [-0.2, -0.15) is 5.26 Å². The van der Waals surface area contributed by atoms with Gasteiger partial charge in [0.2, 0.25) is 0 Å². The Bertz CT molecular complexity index is 1380. The van der Waals surface area contributed by atoms with E-state index in [1.54, 1.807) is 0 Å². The molecule has 4 nitrogen and oxygen atoms in total. The Morgan fingerprint density at radius 2 is 1.66 bits per heavy atom. The number of hydrogen-bond acceptors (Lipinski definition) is 4. The SMILES string of the molecule is CC(C)c1nc2c(c3c1C(c1ccc(C4(C#N)CC4)cc1)OC31CCCC1)C(OS(C)(C)C(C)(C)C)CC(C)(C)C2. The van der Waals surface area contributed by atoms with Crippen LogP contribution in [0.25, 0.3) is 0 Å². The number of pyridine rings is 1. The van der Waals surface area contributed by atoms with Crippen molar-refractivity contribution in [2.45, 2.75) is 134 Å². The summed E-state index contributed by atoms with van der Waals surface area (Å²) in [5.74, 6) is 0.297. The molecule has 2 fully saturated rings. The molecular formula is C36H50N2O2S. The van der Waals surface area contributed by atoms with Crippen molar-refractivity contribution in [3.8, 4) is 6.07 Å². The molecule has 0 bridgehead atoms. The number of hydrogen-bond donors (Lipinski definition) is 0. The van der Waals surface area contributed by atoms with E-state index < -0.39 is 10.3 Å². The molecule has 2 atom stereocenters. The Balaban J connectivity index is 1.55. The van der Waals surface area contributed by atoms with Crippen molar-refractivity contribution < 1.29 is 8.92 Å². The number of aromatic nitrogens is 1. The largest absolute Gasteiger partial charge is 0.358 e. The summed E-state index contributed by atoms with van der Waals surface area (Å²) in [5, 5.41) is 9.77. The molecule has 4 aliphatic rings. The summed E-state index contributed by atoms with van der Waals surface area (Å²) >= 11 is 0. The first kappa shape index (κ1) is 29.2. The molecule has 6 rings (SSSR count). The van der Waals surface area contributed by atoms with Crippen molar-refractivity contribution in [1.82, 2.24) is 4.98 Å². The molecule has 1 aromatic carbocycles. The molecule has 2 unspecified atom stereocenters. The molecule has 1 spiro atoms. The van der Waals surface area contributed by atoms with Crippen molar-refractivity contribution >= 4 is 10.3 Å². The lowest BCUT2D eigenvalue weighted by Crippen LogP contribution is -2.35. The third-order valence-corrected chi connectivity index (χ3v) is 14.3. The van der Waals surface area contributed by atoms with Crippen LogP contribution in [-0.4, -0.2) is 22.2 Å². The van der Waals surface area contributed by atoms with Gasteiger partial charge in [0.25, 0.3) is 0 Å². The van der Waals surface area contributed by atoms with Crippen LogP contribution in [0, 0.1) is 16.7 Å². The van der Waals surface area contributed by atoms with Gasteiger partial charge in [0.1, 0.15) is 6.10 Å². The van der Waals surface area contributed by atoms with Gasteiger partial charge in [-0.05, 0) is 79.1 Å². The molecule has 41 heavy (non-hydrogen) atoms. The van der Waals surface area contributed by atoms with E-state index in [-0.39, 0.29) is 33.4 Å². The number of fused-ring (bicyclic) bond motifs is 4. The fourth-order valence-electron chi connectivity index (χ4n) is 7.47. The maximum Gasteiger partial charge on any atom is 0.111 e. The summed E-state index contributed by atoms with van der Waals surface area (Å²) in [6, 6.07) is 11.4. The molecule has 2 saturated carbocycles. The molecule has 0 saturated heterocycles. The molecule has 222 valence electrons. The average molecular weight is 575 g/mol. The summed E-state index contributed by atoms with van der Waals surface area (Å²) < 4.78 is 14.7. The van der Waals surface area contributed by atoms with Gasteiger partial charge >= 0.3 is 0 Å². The van der Waals surface area contributed by atoms with Crippen LogP contribution in [0.1, 0.15) is 151 Å². The molecule has 2 heterocycles. The molecule has 3 aliphatic carbocycles. The van der Waals surface area contributed by atoms with E-state index in [1.807, 2.05) is 0 Å².